The summed E-state index contributed by atoms with van der Waals surface area (Å²) in [6.07, 6.45) is 0. The largest absolute Gasteiger partial charge is 0.341 e. The third kappa shape index (κ3) is 3.28. The molecule has 0 aliphatic carbocycles. The van der Waals surface area contributed by atoms with E-state index in [4.69, 9.17) is 11.6 Å². The summed E-state index contributed by atoms with van der Waals surface area (Å²) in [5, 5.41) is 4.20. The van der Waals surface area contributed by atoms with Crippen molar-refractivity contribution in [2.24, 2.45) is 0 Å². The van der Waals surface area contributed by atoms with Gasteiger partial charge in [-0.25, -0.2) is 4.98 Å². The quantitative estimate of drug-likeness (QED) is 0.696. The highest BCUT2D eigenvalue weighted by Gasteiger charge is 2.11. The zero-order chi connectivity index (χ0) is 14.8. The lowest BCUT2D eigenvalue weighted by Crippen LogP contribution is -2.19. The number of imidazole rings is 1. The molecule has 0 saturated heterocycles. The van der Waals surface area contributed by atoms with E-state index in [1.807, 2.05) is 42.5 Å². The van der Waals surface area contributed by atoms with Gasteiger partial charge in [0.15, 0.2) is 0 Å². The number of rotatable bonds is 4. The highest BCUT2D eigenvalue weighted by molar-refractivity contribution is 9.10. The molecule has 1 heterocycles. The molecule has 0 amide bonds. The summed E-state index contributed by atoms with van der Waals surface area (Å²) in [7, 11) is 0. The van der Waals surface area contributed by atoms with E-state index < -0.39 is 0 Å². The summed E-state index contributed by atoms with van der Waals surface area (Å²) in [5.74, 6) is 0.946. The van der Waals surface area contributed by atoms with Crippen molar-refractivity contribution in [3.05, 3.63) is 63.3 Å². The molecular formula is C16H15BrClN3. The molecule has 3 rings (SSSR count). The van der Waals surface area contributed by atoms with Crippen molar-refractivity contribution in [1.82, 2.24) is 15.3 Å². The summed E-state index contributed by atoms with van der Waals surface area (Å²) >= 11 is 9.49. The van der Waals surface area contributed by atoms with Gasteiger partial charge in [-0.1, -0.05) is 45.7 Å². The summed E-state index contributed by atoms with van der Waals surface area (Å²) in [5.41, 5.74) is 3.23. The Kier molecular flexibility index (Phi) is 4.29. The molecule has 0 bridgehead atoms. The average Bonchev–Trinajstić information content (AvgIpc) is 2.90. The second-order valence-electron chi connectivity index (χ2n) is 4.98. The van der Waals surface area contributed by atoms with E-state index in [0.29, 0.717) is 0 Å². The molecule has 108 valence electrons. The van der Waals surface area contributed by atoms with Crippen molar-refractivity contribution >= 4 is 38.6 Å². The van der Waals surface area contributed by atoms with Crippen LogP contribution in [0.1, 0.15) is 24.4 Å². The molecule has 0 radical (unpaired) electrons. The first-order valence-electron chi connectivity index (χ1n) is 6.75. The van der Waals surface area contributed by atoms with Crippen LogP contribution >= 0.6 is 27.5 Å². The first-order chi connectivity index (χ1) is 10.1. The number of aromatic nitrogens is 2. The normalized spacial score (nSPS) is 12.7. The van der Waals surface area contributed by atoms with E-state index in [2.05, 4.69) is 38.1 Å². The minimum absolute atomic E-state index is 0.139. The third-order valence-corrected chi connectivity index (χ3v) is 4.40. The van der Waals surface area contributed by atoms with Gasteiger partial charge in [0.2, 0.25) is 0 Å². The molecule has 0 spiro atoms. The number of hydrogen-bond donors (Lipinski definition) is 2. The number of nitrogens with one attached hydrogen (secondary N) is 2. The minimum atomic E-state index is 0.139. The van der Waals surface area contributed by atoms with E-state index in [9.17, 15) is 0 Å². The SMILES string of the molecule is CC(NCc1ccc(Cl)cc1Br)c1nc2ccccc2[nH]1. The van der Waals surface area contributed by atoms with Gasteiger partial charge in [-0.15, -0.1) is 0 Å². The summed E-state index contributed by atoms with van der Waals surface area (Å²) < 4.78 is 1.01. The number of aromatic amines is 1. The maximum Gasteiger partial charge on any atom is 0.124 e. The van der Waals surface area contributed by atoms with Crippen LogP contribution in [0.4, 0.5) is 0 Å². The second kappa shape index (κ2) is 6.18. The monoisotopic (exact) mass is 363 g/mol. The molecule has 0 fully saturated rings. The van der Waals surface area contributed by atoms with Gasteiger partial charge in [0.05, 0.1) is 17.1 Å². The maximum absolute atomic E-state index is 5.96. The summed E-state index contributed by atoms with van der Waals surface area (Å²) in [6, 6.07) is 14.0. The molecule has 0 saturated carbocycles. The van der Waals surface area contributed by atoms with Crippen molar-refractivity contribution in [2.75, 3.05) is 0 Å². The van der Waals surface area contributed by atoms with Gasteiger partial charge in [0, 0.05) is 16.0 Å². The second-order valence-corrected chi connectivity index (χ2v) is 6.27. The van der Waals surface area contributed by atoms with E-state index in [1.165, 1.54) is 5.56 Å². The fraction of sp³-hybridized carbons (Fsp3) is 0.188. The summed E-state index contributed by atoms with van der Waals surface area (Å²) in [4.78, 5) is 7.96. The Balaban J connectivity index is 1.72. The Hall–Kier alpha value is -1.36. The van der Waals surface area contributed by atoms with Gasteiger partial charge in [-0.05, 0) is 36.8 Å². The zero-order valence-corrected chi connectivity index (χ0v) is 13.9. The van der Waals surface area contributed by atoms with Crippen molar-refractivity contribution in [3.63, 3.8) is 0 Å². The number of nitrogens with zero attached hydrogens (tertiary/aromatic N) is 1. The Bertz CT molecular complexity index is 736. The molecule has 0 aliphatic heterocycles. The smallest absolute Gasteiger partial charge is 0.124 e. The first kappa shape index (κ1) is 14.6. The average molecular weight is 365 g/mol. The molecule has 1 aromatic heterocycles. The van der Waals surface area contributed by atoms with Crippen LogP contribution in [-0.4, -0.2) is 9.97 Å². The third-order valence-electron chi connectivity index (χ3n) is 3.43. The van der Waals surface area contributed by atoms with Crippen LogP contribution in [0.3, 0.4) is 0 Å². The van der Waals surface area contributed by atoms with Gasteiger partial charge >= 0.3 is 0 Å². The first-order valence-corrected chi connectivity index (χ1v) is 7.92. The Labute approximate surface area is 136 Å². The highest BCUT2D eigenvalue weighted by Crippen LogP contribution is 2.22. The number of benzene rings is 2. The van der Waals surface area contributed by atoms with E-state index in [0.717, 1.165) is 32.9 Å². The molecule has 1 atom stereocenters. The Morgan fingerprint density at radius 2 is 2.10 bits per heavy atom. The topological polar surface area (TPSA) is 40.7 Å². The van der Waals surface area contributed by atoms with Crippen LogP contribution in [0.2, 0.25) is 5.02 Å². The molecule has 2 N–H and O–H groups in total. The van der Waals surface area contributed by atoms with Crippen molar-refractivity contribution < 1.29 is 0 Å². The lowest BCUT2D eigenvalue weighted by molar-refractivity contribution is 0.551. The van der Waals surface area contributed by atoms with Gasteiger partial charge in [0.25, 0.3) is 0 Å². The van der Waals surface area contributed by atoms with Crippen LogP contribution in [0.5, 0.6) is 0 Å². The van der Waals surface area contributed by atoms with Crippen molar-refractivity contribution in [1.29, 1.82) is 0 Å². The number of hydrogen-bond acceptors (Lipinski definition) is 2. The van der Waals surface area contributed by atoms with E-state index in [-0.39, 0.29) is 6.04 Å². The number of H-pyrrole nitrogens is 1. The van der Waals surface area contributed by atoms with Crippen molar-refractivity contribution in [2.45, 2.75) is 19.5 Å². The van der Waals surface area contributed by atoms with E-state index >= 15 is 0 Å². The van der Waals surface area contributed by atoms with Crippen molar-refractivity contribution in [3.8, 4) is 0 Å². The standard InChI is InChI=1S/C16H15BrClN3/c1-10(16-20-14-4-2-3-5-15(14)21-16)19-9-11-6-7-12(18)8-13(11)17/h2-8,10,19H,9H2,1H3,(H,20,21). The van der Waals surface area contributed by atoms with E-state index in [1.54, 1.807) is 0 Å². The highest BCUT2D eigenvalue weighted by atomic mass is 79.9. The molecule has 5 heteroatoms. The minimum Gasteiger partial charge on any atom is -0.341 e. The van der Waals surface area contributed by atoms with Gasteiger partial charge < -0.3 is 10.3 Å². The van der Waals surface area contributed by atoms with Gasteiger partial charge in [0.1, 0.15) is 5.82 Å². The number of para-hydroxylation sites is 2. The van der Waals surface area contributed by atoms with Crippen LogP contribution in [0.25, 0.3) is 11.0 Å². The number of fused-ring (bicyclic) bond motifs is 1. The summed E-state index contributed by atoms with van der Waals surface area (Å²) in [6.45, 7) is 2.84. The number of halogens is 2. The zero-order valence-electron chi connectivity index (χ0n) is 11.5. The van der Waals surface area contributed by atoms with Gasteiger partial charge in [-0.2, -0.15) is 0 Å². The lowest BCUT2D eigenvalue weighted by atomic mass is 10.2. The van der Waals surface area contributed by atoms with Crippen LogP contribution < -0.4 is 5.32 Å². The Morgan fingerprint density at radius 1 is 1.29 bits per heavy atom. The maximum atomic E-state index is 5.96. The van der Waals surface area contributed by atoms with Crippen LogP contribution in [-0.2, 0) is 6.54 Å². The Morgan fingerprint density at radius 3 is 2.86 bits per heavy atom. The lowest BCUT2D eigenvalue weighted by Gasteiger charge is -2.12. The molecule has 3 aromatic rings. The van der Waals surface area contributed by atoms with Crippen LogP contribution in [0, 0.1) is 0 Å². The molecule has 0 aliphatic rings. The molecular weight excluding hydrogens is 350 g/mol. The fourth-order valence-corrected chi connectivity index (χ4v) is 3.03. The fourth-order valence-electron chi connectivity index (χ4n) is 2.20. The molecule has 2 aromatic carbocycles. The predicted octanol–water partition coefficient (Wildman–Crippen LogP) is 4.83. The van der Waals surface area contributed by atoms with Crippen LogP contribution in [0.15, 0.2) is 46.9 Å². The van der Waals surface area contributed by atoms with Gasteiger partial charge in [-0.3, -0.25) is 0 Å². The molecule has 1 unspecified atom stereocenters. The predicted molar refractivity (Wildman–Crippen MR) is 90.5 cm³/mol. The molecule has 3 nitrogen and oxygen atoms in total. The molecule has 21 heavy (non-hydrogen) atoms.